The first-order chi connectivity index (χ1) is 8.75. The third-order valence-corrected chi connectivity index (χ3v) is 3.76. The van der Waals surface area contributed by atoms with Crippen molar-refractivity contribution in [1.82, 2.24) is 5.32 Å². The molecule has 1 aromatic carbocycles. The lowest BCUT2D eigenvalue weighted by Gasteiger charge is -2.14. The van der Waals surface area contributed by atoms with Gasteiger partial charge in [-0.2, -0.15) is 0 Å². The molecule has 1 fully saturated rings. The van der Waals surface area contributed by atoms with Crippen LogP contribution in [0.4, 0.5) is 0 Å². The smallest absolute Gasteiger partial charge is 0.231 e. The molecule has 18 heavy (non-hydrogen) atoms. The molecular weight excluding hydrogens is 228 g/mol. The molecule has 3 rings (SSSR count). The van der Waals surface area contributed by atoms with Crippen LogP contribution in [0, 0.1) is 5.92 Å². The average molecular weight is 246 g/mol. The van der Waals surface area contributed by atoms with Crippen molar-refractivity contribution < 1.29 is 9.53 Å². The molecule has 2 unspecified atom stereocenters. The van der Waals surface area contributed by atoms with Gasteiger partial charge in [0.25, 0.3) is 0 Å². The van der Waals surface area contributed by atoms with E-state index >= 15 is 0 Å². The van der Waals surface area contributed by atoms with Crippen LogP contribution in [0.1, 0.15) is 24.3 Å². The highest BCUT2D eigenvalue weighted by atomic mass is 16.5. The summed E-state index contributed by atoms with van der Waals surface area (Å²) in [5.74, 6) is 1.27. The van der Waals surface area contributed by atoms with E-state index in [1.54, 1.807) is 0 Å². The van der Waals surface area contributed by atoms with Gasteiger partial charge in [-0.05, 0) is 24.8 Å². The maximum absolute atomic E-state index is 12.1. The molecule has 2 atom stereocenters. The highest BCUT2D eigenvalue weighted by Crippen LogP contribution is 2.34. The molecular formula is C14H18N2O2. The molecule has 0 radical (unpaired) electrons. The second-order valence-electron chi connectivity index (χ2n) is 5.15. The van der Waals surface area contributed by atoms with E-state index in [4.69, 9.17) is 10.5 Å². The van der Waals surface area contributed by atoms with Crippen LogP contribution in [0.15, 0.2) is 24.3 Å². The number of amides is 1. The number of carbonyl (C=O) groups excluding carboxylic acids is 1. The minimum atomic E-state index is -0.187. The number of rotatable bonds is 4. The van der Waals surface area contributed by atoms with E-state index in [9.17, 15) is 4.79 Å². The van der Waals surface area contributed by atoms with E-state index in [2.05, 4.69) is 5.32 Å². The first-order valence-electron chi connectivity index (χ1n) is 6.50. The van der Waals surface area contributed by atoms with Crippen LogP contribution in [0.2, 0.25) is 0 Å². The van der Waals surface area contributed by atoms with Gasteiger partial charge in [-0.3, -0.25) is 4.79 Å². The lowest BCUT2D eigenvalue weighted by atomic mass is 10.0. The van der Waals surface area contributed by atoms with Crippen LogP contribution in [0.25, 0.3) is 0 Å². The molecule has 0 spiro atoms. The number of nitrogens with two attached hydrogens (primary N) is 1. The molecule has 96 valence electrons. The lowest BCUT2D eigenvalue weighted by Crippen LogP contribution is -2.40. The lowest BCUT2D eigenvalue weighted by molar-refractivity contribution is -0.122. The summed E-state index contributed by atoms with van der Waals surface area (Å²) in [5.41, 5.74) is 6.96. The van der Waals surface area contributed by atoms with Gasteiger partial charge in [0.1, 0.15) is 18.3 Å². The Bertz CT molecular complexity index is 457. The summed E-state index contributed by atoms with van der Waals surface area (Å²) in [6.07, 6.45) is 2.40. The van der Waals surface area contributed by atoms with Gasteiger partial charge in [0.2, 0.25) is 5.91 Å². The number of carbonyl (C=O) groups is 1. The van der Waals surface area contributed by atoms with Crippen LogP contribution >= 0.6 is 0 Å². The van der Waals surface area contributed by atoms with Gasteiger partial charge in [0, 0.05) is 18.2 Å². The zero-order valence-electron chi connectivity index (χ0n) is 10.3. The number of para-hydroxylation sites is 1. The van der Waals surface area contributed by atoms with Crippen LogP contribution < -0.4 is 15.8 Å². The van der Waals surface area contributed by atoms with Crippen LogP contribution in [-0.4, -0.2) is 25.1 Å². The summed E-state index contributed by atoms with van der Waals surface area (Å²) in [4.78, 5) is 12.1. The molecule has 0 aromatic heterocycles. The largest absolute Gasteiger partial charge is 0.492 e. The van der Waals surface area contributed by atoms with Crippen LogP contribution in [0.3, 0.4) is 0 Å². The Morgan fingerprint density at radius 1 is 1.44 bits per heavy atom. The van der Waals surface area contributed by atoms with Crippen molar-refractivity contribution in [3.8, 4) is 5.75 Å². The average Bonchev–Trinajstić information content (AvgIpc) is 3.15. The number of fused-ring (bicyclic) bond motifs is 1. The van der Waals surface area contributed by atoms with Crippen LogP contribution in [-0.2, 0) is 4.79 Å². The van der Waals surface area contributed by atoms with Crippen molar-refractivity contribution in [1.29, 1.82) is 0 Å². The SMILES string of the molecule is NC(CNC(=O)C1COc2ccccc21)C1CC1. The summed E-state index contributed by atoms with van der Waals surface area (Å²) in [5, 5.41) is 2.94. The maximum atomic E-state index is 12.1. The Hall–Kier alpha value is -1.55. The van der Waals surface area contributed by atoms with Crippen LogP contribution in [0.5, 0.6) is 5.75 Å². The fourth-order valence-corrected chi connectivity index (χ4v) is 2.41. The zero-order chi connectivity index (χ0) is 12.5. The van der Waals surface area contributed by atoms with Gasteiger partial charge in [-0.25, -0.2) is 0 Å². The summed E-state index contributed by atoms with van der Waals surface area (Å²) in [6, 6.07) is 7.81. The van der Waals surface area contributed by atoms with E-state index in [1.165, 1.54) is 12.8 Å². The molecule has 1 heterocycles. The number of benzene rings is 1. The summed E-state index contributed by atoms with van der Waals surface area (Å²) in [6.45, 7) is 1.01. The predicted molar refractivity (Wildman–Crippen MR) is 68.4 cm³/mol. The molecule has 3 N–H and O–H groups in total. The van der Waals surface area contributed by atoms with E-state index in [1.807, 2.05) is 24.3 Å². The topological polar surface area (TPSA) is 64.3 Å². The van der Waals surface area contributed by atoms with E-state index in [-0.39, 0.29) is 17.9 Å². The van der Waals surface area contributed by atoms with E-state index < -0.39 is 0 Å². The first kappa shape index (κ1) is 11.5. The molecule has 1 saturated carbocycles. The van der Waals surface area contributed by atoms with Crippen molar-refractivity contribution in [3.05, 3.63) is 29.8 Å². The molecule has 2 aliphatic rings. The fraction of sp³-hybridized carbons (Fsp3) is 0.500. The van der Waals surface area contributed by atoms with Gasteiger partial charge in [-0.1, -0.05) is 18.2 Å². The Morgan fingerprint density at radius 3 is 3.00 bits per heavy atom. The third kappa shape index (κ3) is 2.20. The standard InChI is InChI=1S/C14H18N2O2/c15-12(9-5-6-9)7-16-14(17)11-8-18-13-4-2-1-3-10(11)13/h1-4,9,11-12H,5-8,15H2,(H,16,17). The van der Waals surface area contributed by atoms with Crippen molar-refractivity contribution in [2.75, 3.05) is 13.2 Å². The van der Waals surface area contributed by atoms with E-state index in [0.29, 0.717) is 19.1 Å². The monoisotopic (exact) mass is 246 g/mol. The zero-order valence-corrected chi connectivity index (χ0v) is 10.3. The minimum Gasteiger partial charge on any atom is -0.492 e. The molecule has 1 aromatic rings. The van der Waals surface area contributed by atoms with Crippen molar-refractivity contribution in [2.45, 2.75) is 24.8 Å². The quantitative estimate of drug-likeness (QED) is 0.833. The molecule has 4 nitrogen and oxygen atoms in total. The molecule has 1 aliphatic carbocycles. The highest BCUT2D eigenvalue weighted by molar-refractivity contribution is 5.85. The highest BCUT2D eigenvalue weighted by Gasteiger charge is 2.32. The number of hydrogen-bond donors (Lipinski definition) is 2. The normalized spacial score (nSPS) is 23.1. The Kier molecular flexibility index (Phi) is 2.96. The molecule has 1 amide bonds. The fourth-order valence-electron chi connectivity index (χ4n) is 2.41. The first-order valence-corrected chi connectivity index (χ1v) is 6.50. The predicted octanol–water partition coefficient (Wildman–Crippen LogP) is 1.02. The minimum absolute atomic E-state index is 0.0241. The van der Waals surface area contributed by atoms with Gasteiger partial charge in [-0.15, -0.1) is 0 Å². The second kappa shape index (κ2) is 4.61. The molecule has 0 bridgehead atoms. The van der Waals surface area contributed by atoms with Gasteiger partial charge in [0.05, 0.1) is 0 Å². The maximum Gasteiger partial charge on any atom is 0.231 e. The Labute approximate surface area is 107 Å². The van der Waals surface area contributed by atoms with E-state index in [0.717, 1.165) is 11.3 Å². The van der Waals surface area contributed by atoms with Gasteiger partial charge < -0.3 is 15.8 Å². The van der Waals surface area contributed by atoms with Gasteiger partial charge in [0.15, 0.2) is 0 Å². The summed E-state index contributed by atoms with van der Waals surface area (Å²) in [7, 11) is 0. The molecule has 1 aliphatic heterocycles. The number of hydrogen-bond acceptors (Lipinski definition) is 3. The van der Waals surface area contributed by atoms with Gasteiger partial charge >= 0.3 is 0 Å². The summed E-state index contributed by atoms with van der Waals surface area (Å²) >= 11 is 0. The van der Waals surface area contributed by atoms with Crippen molar-refractivity contribution >= 4 is 5.91 Å². The molecule has 4 heteroatoms. The molecule has 0 saturated heterocycles. The van der Waals surface area contributed by atoms with Crippen molar-refractivity contribution in [3.63, 3.8) is 0 Å². The third-order valence-electron chi connectivity index (χ3n) is 3.76. The number of nitrogens with one attached hydrogen (secondary N) is 1. The second-order valence-corrected chi connectivity index (χ2v) is 5.15. The van der Waals surface area contributed by atoms with Crippen molar-refractivity contribution in [2.24, 2.45) is 11.7 Å². The Morgan fingerprint density at radius 2 is 2.22 bits per heavy atom. The Balaban J connectivity index is 1.60. The summed E-state index contributed by atoms with van der Waals surface area (Å²) < 4.78 is 5.51. The number of ether oxygens (including phenoxy) is 1.